The van der Waals surface area contributed by atoms with Crippen molar-refractivity contribution in [2.75, 3.05) is 6.54 Å². The summed E-state index contributed by atoms with van der Waals surface area (Å²) in [5.41, 5.74) is 5.18. The molecule has 1 saturated carbocycles. The molecule has 1 unspecified atom stereocenters. The SMILES string of the molecule is CCC(CN)C1(O)CCCC1. The lowest BCUT2D eigenvalue weighted by Crippen LogP contribution is -2.38. The van der Waals surface area contributed by atoms with Crippen molar-refractivity contribution in [1.29, 1.82) is 0 Å². The number of hydrogen-bond acceptors (Lipinski definition) is 2. The van der Waals surface area contributed by atoms with Gasteiger partial charge in [0.05, 0.1) is 5.60 Å². The Morgan fingerprint density at radius 3 is 2.36 bits per heavy atom. The van der Waals surface area contributed by atoms with Gasteiger partial charge in [0, 0.05) is 0 Å². The topological polar surface area (TPSA) is 46.2 Å². The Bertz CT molecular complexity index is 115. The minimum atomic E-state index is -0.413. The molecule has 0 saturated heterocycles. The summed E-state index contributed by atoms with van der Waals surface area (Å²) >= 11 is 0. The van der Waals surface area contributed by atoms with Crippen molar-refractivity contribution in [1.82, 2.24) is 0 Å². The van der Waals surface area contributed by atoms with E-state index in [-0.39, 0.29) is 0 Å². The van der Waals surface area contributed by atoms with Crippen LogP contribution in [0.1, 0.15) is 39.0 Å². The van der Waals surface area contributed by atoms with Gasteiger partial charge in [-0.1, -0.05) is 19.8 Å². The molecule has 3 N–H and O–H groups in total. The lowest BCUT2D eigenvalue weighted by molar-refractivity contribution is -0.0103. The van der Waals surface area contributed by atoms with Crippen molar-refractivity contribution in [2.24, 2.45) is 11.7 Å². The van der Waals surface area contributed by atoms with Crippen molar-refractivity contribution in [3.05, 3.63) is 0 Å². The summed E-state index contributed by atoms with van der Waals surface area (Å²) in [5, 5.41) is 10.1. The van der Waals surface area contributed by atoms with Crippen LogP contribution in [-0.2, 0) is 0 Å². The van der Waals surface area contributed by atoms with Crippen LogP contribution >= 0.6 is 0 Å². The fourth-order valence-corrected chi connectivity index (χ4v) is 2.16. The maximum absolute atomic E-state index is 10.1. The maximum atomic E-state index is 10.1. The molecule has 66 valence electrons. The highest BCUT2D eigenvalue weighted by Gasteiger charge is 2.37. The van der Waals surface area contributed by atoms with Gasteiger partial charge in [-0.3, -0.25) is 0 Å². The largest absolute Gasteiger partial charge is 0.390 e. The number of rotatable bonds is 3. The number of hydrogen-bond donors (Lipinski definition) is 2. The maximum Gasteiger partial charge on any atom is 0.0687 e. The van der Waals surface area contributed by atoms with Gasteiger partial charge in [-0.15, -0.1) is 0 Å². The van der Waals surface area contributed by atoms with Crippen molar-refractivity contribution in [3.8, 4) is 0 Å². The molecule has 2 heteroatoms. The Balaban J connectivity index is 2.53. The van der Waals surface area contributed by atoms with Gasteiger partial charge in [-0.05, 0) is 31.7 Å². The molecule has 1 fully saturated rings. The fraction of sp³-hybridized carbons (Fsp3) is 1.00. The van der Waals surface area contributed by atoms with E-state index in [0.717, 1.165) is 19.3 Å². The molecule has 0 aromatic heterocycles. The predicted octanol–water partition coefficient (Wildman–Crippen LogP) is 1.28. The van der Waals surface area contributed by atoms with E-state index >= 15 is 0 Å². The molecule has 1 aliphatic rings. The Hall–Kier alpha value is -0.0800. The van der Waals surface area contributed by atoms with Crippen LogP contribution in [-0.4, -0.2) is 17.3 Å². The zero-order chi connectivity index (χ0) is 8.32. The lowest BCUT2D eigenvalue weighted by atomic mass is 9.84. The van der Waals surface area contributed by atoms with Gasteiger partial charge in [-0.25, -0.2) is 0 Å². The molecule has 11 heavy (non-hydrogen) atoms. The van der Waals surface area contributed by atoms with Gasteiger partial charge in [0.15, 0.2) is 0 Å². The molecule has 0 aromatic carbocycles. The molecule has 1 aliphatic carbocycles. The zero-order valence-electron chi connectivity index (χ0n) is 7.34. The minimum absolute atomic E-state index is 0.324. The van der Waals surface area contributed by atoms with Crippen LogP contribution < -0.4 is 5.73 Å². The van der Waals surface area contributed by atoms with E-state index in [1.54, 1.807) is 0 Å². The standard InChI is InChI=1S/C9H19NO/c1-2-8(7-10)9(11)5-3-4-6-9/h8,11H,2-7,10H2,1H3. The molecule has 2 nitrogen and oxygen atoms in total. The average molecular weight is 157 g/mol. The third-order valence-corrected chi connectivity index (χ3v) is 3.01. The lowest BCUT2D eigenvalue weighted by Gasteiger charge is -2.30. The zero-order valence-corrected chi connectivity index (χ0v) is 7.34. The Morgan fingerprint density at radius 1 is 1.45 bits per heavy atom. The summed E-state index contributed by atoms with van der Waals surface area (Å²) in [6.07, 6.45) is 5.28. The summed E-state index contributed by atoms with van der Waals surface area (Å²) in [4.78, 5) is 0. The van der Waals surface area contributed by atoms with Gasteiger partial charge in [0.25, 0.3) is 0 Å². The van der Waals surface area contributed by atoms with Crippen LogP contribution in [0, 0.1) is 5.92 Å². The predicted molar refractivity (Wildman–Crippen MR) is 46.3 cm³/mol. The second-order valence-corrected chi connectivity index (χ2v) is 3.65. The summed E-state index contributed by atoms with van der Waals surface area (Å²) in [6.45, 7) is 2.74. The monoisotopic (exact) mass is 157 g/mol. The molecule has 0 spiro atoms. The normalized spacial score (nSPS) is 25.4. The van der Waals surface area contributed by atoms with E-state index < -0.39 is 5.60 Å². The highest BCUT2D eigenvalue weighted by molar-refractivity contribution is 4.90. The van der Waals surface area contributed by atoms with E-state index in [2.05, 4.69) is 6.92 Å². The van der Waals surface area contributed by atoms with Crippen molar-refractivity contribution < 1.29 is 5.11 Å². The fourth-order valence-electron chi connectivity index (χ4n) is 2.16. The average Bonchev–Trinajstić information content (AvgIpc) is 2.39. The Morgan fingerprint density at radius 2 is 2.00 bits per heavy atom. The second-order valence-electron chi connectivity index (χ2n) is 3.65. The molecular weight excluding hydrogens is 138 g/mol. The van der Waals surface area contributed by atoms with Crippen LogP contribution in [0.5, 0.6) is 0 Å². The van der Waals surface area contributed by atoms with Gasteiger partial charge in [0.1, 0.15) is 0 Å². The summed E-state index contributed by atoms with van der Waals surface area (Å²) in [6, 6.07) is 0. The second kappa shape index (κ2) is 3.55. The molecule has 0 aromatic rings. The van der Waals surface area contributed by atoms with Crippen molar-refractivity contribution in [2.45, 2.75) is 44.6 Å². The first-order valence-electron chi connectivity index (χ1n) is 4.65. The molecular formula is C9H19NO. The third-order valence-electron chi connectivity index (χ3n) is 3.01. The van der Waals surface area contributed by atoms with Gasteiger partial charge in [0.2, 0.25) is 0 Å². The van der Waals surface area contributed by atoms with Gasteiger partial charge < -0.3 is 10.8 Å². The highest BCUT2D eigenvalue weighted by atomic mass is 16.3. The van der Waals surface area contributed by atoms with Crippen molar-refractivity contribution >= 4 is 0 Å². The smallest absolute Gasteiger partial charge is 0.0687 e. The molecule has 0 aliphatic heterocycles. The van der Waals surface area contributed by atoms with E-state index in [1.165, 1.54) is 12.8 Å². The molecule has 0 heterocycles. The Kier molecular flexibility index (Phi) is 2.90. The van der Waals surface area contributed by atoms with Crippen LogP contribution in [0.3, 0.4) is 0 Å². The van der Waals surface area contributed by atoms with Crippen LogP contribution in [0.2, 0.25) is 0 Å². The minimum Gasteiger partial charge on any atom is -0.390 e. The number of aliphatic hydroxyl groups is 1. The highest BCUT2D eigenvalue weighted by Crippen LogP contribution is 2.36. The van der Waals surface area contributed by atoms with E-state index in [0.29, 0.717) is 12.5 Å². The summed E-state index contributed by atoms with van der Waals surface area (Å²) < 4.78 is 0. The first-order valence-corrected chi connectivity index (χ1v) is 4.65. The first-order chi connectivity index (χ1) is 5.23. The third kappa shape index (κ3) is 1.74. The van der Waals surface area contributed by atoms with E-state index in [1.807, 2.05) is 0 Å². The molecule has 0 radical (unpaired) electrons. The molecule has 0 amide bonds. The van der Waals surface area contributed by atoms with Crippen molar-refractivity contribution in [3.63, 3.8) is 0 Å². The molecule has 0 bridgehead atoms. The van der Waals surface area contributed by atoms with Crippen LogP contribution in [0.4, 0.5) is 0 Å². The quantitative estimate of drug-likeness (QED) is 0.648. The molecule has 1 atom stereocenters. The van der Waals surface area contributed by atoms with E-state index in [4.69, 9.17) is 5.73 Å². The van der Waals surface area contributed by atoms with Gasteiger partial charge >= 0.3 is 0 Å². The van der Waals surface area contributed by atoms with Crippen LogP contribution in [0.15, 0.2) is 0 Å². The summed E-state index contributed by atoms with van der Waals surface area (Å²) in [7, 11) is 0. The van der Waals surface area contributed by atoms with Gasteiger partial charge in [-0.2, -0.15) is 0 Å². The Labute approximate surface area is 68.8 Å². The number of nitrogens with two attached hydrogens (primary N) is 1. The first kappa shape index (κ1) is 9.01. The summed E-state index contributed by atoms with van der Waals surface area (Å²) in [5.74, 6) is 0.324. The van der Waals surface area contributed by atoms with Crippen LogP contribution in [0.25, 0.3) is 0 Å². The molecule has 1 rings (SSSR count). The van der Waals surface area contributed by atoms with E-state index in [9.17, 15) is 5.11 Å².